The maximum atomic E-state index is 10.9. The monoisotopic (exact) mass is 227 g/mol. The van der Waals surface area contributed by atoms with Crippen molar-refractivity contribution in [3.05, 3.63) is 41.1 Å². The molecule has 1 aliphatic rings. The first-order chi connectivity index (χ1) is 8.24. The average molecular weight is 227 g/mol. The molecule has 1 N–H and O–H groups in total. The minimum absolute atomic E-state index is 0.306. The average Bonchev–Trinajstić information content (AvgIpc) is 2.35. The maximum Gasteiger partial charge on any atom is 0.335 e. The van der Waals surface area contributed by atoms with Gasteiger partial charge in [0, 0.05) is 11.1 Å². The number of carboxylic acids is 1. The van der Waals surface area contributed by atoms with Gasteiger partial charge in [0.2, 0.25) is 0 Å². The number of rotatable bonds is 1. The molecule has 2 aromatic rings. The van der Waals surface area contributed by atoms with Crippen molar-refractivity contribution in [1.29, 1.82) is 0 Å². The minimum atomic E-state index is -0.897. The van der Waals surface area contributed by atoms with Crippen LogP contribution in [0.1, 0.15) is 34.5 Å². The van der Waals surface area contributed by atoms with E-state index in [0.29, 0.717) is 5.56 Å². The molecule has 1 aliphatic carbocycles. The number of aromatic carboxylic acids is 1. The third-order valence-corrected chi connectivity index (χ3v) is 3.34. The summed E-state index contributed by atoms with van der Waals surface area (Å²) < 4.78 is 0. The lowest BCUT2D eigenvalue weighted by Gasteiger charge is -2.15. The first-order valence-electron chi connectivity index (χ1n) is 5.90. The Balaban J connectivity index is 2.20. The van der Waals surface area contributed by atoms with Gasteiger partial charge < -0.3 is 5.11 Å². The number of hydrogen-bond donors (Lipinski definition) is 1. The first-order valence-corrected chi connectivity index (χ1v) is 5.90. The van der Waals surface area contributed by atoms with Crippen LogP contribution in [0.25, 0.3) is 10.9 Å². The van der Waals surface area contributed by atoms with Crippen LogP contribution in [0.15, 0.2) is 24.3 Å². The Hall–Kier alpha value is -1.90. The number of aryl methyl sites for hydroxylation is 2. The highest BCUT2D eigenvalue weighted by molar-refractivity contribution is 5.93. The SMILES string of the molecule is O=C(O)c1ccc2cc3c(nc2c1)CCCC3. The van der Waals surface area contributed by atoms with Crippen LogP contribution in [0, 0.1) is 0 Å². The van der Waals surface area contributed by atoms with E-state index in [2.05, 4.69) is 11.1 Å². The second kappa shape index (κ2) is 3.84. The number of hydrogen-bond acceptors (Lipinski definition) is 2. The standard InChI is InChI=1S/C14H13NO2/c16-14(17)11-6-5-10-7-9-3-1-2-4-12(9)15-13(10)8-11/h5-8H,1-4H2,(H,16,17). The molecule has 0 radical (unpaired) electrons. The number of aromatic nitrogens is 1. The van der Waals surface area contributed by atoms with Crippen molar-refractivity contribution in [3.8, 4) is 0 Å². The molecular weight excluding hydrogens is 214 g/mol. The lowest BCUT2D eigenvalue weighted by molar-refractivity contribution is 0.0697. The van der Waals surface area contributed by atoms with Gasteiger partial charge in [-0.2, -0.15) is 0 Å². The molecule has 1 heterocycles. The van der Waals surface area contributed by atoms with Gasteiger partial charge in [-0.25, -0.2) is 4.79 Å². The molecule has 0 bridgehead atoms. The molecule has 3 heteroatoms. The quantitative estimate of drug-likeness (QED) is 0.815. The van der Waals surface area contributed by atoms with Crippen LogP contribution in [0.4, 0.5) is 0 Å². The van der Waals surface area contributed by atoms with E-state index in [4.69, 9.17) is 5.11 Å². The molecule has 17 heavy (non-hydrogen) atoms. The summed E-state index contributed by atoms with van der Waals surface area (Å²) in [6.07, 6.45) is 4.53. The summed E-state index contributed by atoms with van der Waals surface area (Å²) in [6.45, 7) is 0. The molecule has 1 aromatic heterocycles. The second-order valence-electron chi connectivity index (χ2n) is 4.51. The number of benzene rings is 1. The smallest absolute Gasteiger partial charge is 0.335 e. The van der Waals surface area contributed by atoms with Gasteiger partial charge in [0.15, 0.2) is 0 Å². The highest BCUT2D eigenvalue weighted by Crippen LogP contribution is 2.24. The summed E-state index contributed by atoms with van der Waals surface area (Å²) in [5.41, 5.74) is 3.57. The van der Waals surface area contributed by atoms with Crippen LogP contribution in [-0.4, -0.2) is 16.1 Å². The third kappa shape index (κ3) is 1.78. The number of fused-ring (bicyclic) bond motifs is 2. The molecule has 0 atom stereocenters. The largest absolute Gasteiger partial charge is 0.478 e. The van der Waals surface area contributed by atoms with E-state index < -0.39 is 5.97 Å². The molecular formula is C14H13NO2. The van der Waals surface area contributed by atoms with Crippen LogP contribution in [0.5, 0.6) is 0 Å². The number of carbonyl (C=O) groups is 1. The van der Waals surface area contributed by atoms with Crippen molar-refractivity contribution in [3.63, 3.8) is 0 Å². The summed E-state index contributed by atoms with van der Waals surface area (Å²) in [4.78, 5) is 15.5. The molecule has 0 saturated heterocycles. The zero-order valence-corrected chi connectivity index (χ0v) is 9.44. The van der Waals surface area contributed by atoms with Crippen molar-refractivity contribution in [2.75, 3.05) is 0 Å². The molecule has 0 fully saturated rings. The van der Waals surface area contributed by atoms with Crippen molar-refractivity contribution in [2.45, 2.75) is 25.7 Å². The summed E-state index contributed by atoms with van der Waals surface area (Å²) >= 11 is 0. The Morgan fingerprint density at radius 2 is 2.00 bits per heavy atom. The van der Waals surface area contributed by atoms with Gasteiger partial charge in [0.25, 0.3) is 0 Å². The number of pyridine rings is 1. The normalized spacial score (nSPS) is 14.6. The highest BCUT2D eigenvalue weighted by Gasteiger charge is 2.12. The van der Waals surface area contributed by atoms with Crippen molar-refractivity contribution < 1.29 is 9.90 Å². The Bertz CT molecular complexity index is 604. The zero-order chi connectivity index (χ0) is 11.8. The van der Waals surface area contributed by atoms with E-state index in [-0.39, 0.29) is 0 Å². The predicted octanol–water partition coefficient (Wildman–Crippen LogP) is 2.81. The molecule has 0 aliphatic heterocycles. The van der Waals surface area contributed by atoms with Crippen molar-refractivity contribution in [2.24, 2.45) is 0 Å². The predicted molar refractivity (Wildman–Crippen MR) is 65.3 cm³/mol. The molecule has 3 nitrogen and oxygen atoms in total. The topological polar surface area (TPSA) is 50.2 Å². The number of carboxylic acid groups (broad SMARTS) is 1. The number of nitrogens with zero attached hydrogens (tertiary/aromatic N) is 1. The molecule has 0 spiro atoms. The molecule has 3 rings (SSSR count). The Morgan fingerprint density at radius 3 is 2.82 bits per heavy atom. The van der Waals surface area contributed by atoms with Gasteiger partial charge >= 0.3 is 5.97 Å². The van der Waals surface area contributed by atoms with Crippen LogP contribution < -0.4 is 0 Å². The van der Waals surface area contributed by atoms with Gasteiger partial charge in [-0.1, -0.05) is 6.07 Å². The van der Waals surface area contributed by atoms with E-state index in [1.165, 1.54) is 18.4 Å². The van der Waals surface area contributed by atoms with Gasteiger partial charge in [0.1, 0.15) is 0 Å². The summed E-state index contributed by atoms with van der Waals surface area (Å²) in [7, 11) is 0. The van der Waals surface area contributed by atoms with Crippen LogP contribution in [0.2, 0.25) is 0 Å². The van der Waals surface area contributed by atoms with Crippen LogP contribution in [0.3, 0.4) is 0 Å². The van der Waals surface area contributed by atoms with Gasteiger partial charge in [0.05, 0.1) is 11.1 Å². The summed E-state index contributed by atoms with van der Waals surface area (Å²) in [5, 5.41) is 9.99. The van der Waals surface area contributed by atoms with E-state index in [0.717, 1.165) is 29.4 Å². The zero-order valence-electron chi connectivity index (χ0n) is 9.44. The summed E-state index contributed by atoms with van der Waals surface area (Å²) in [5.74, 6) is -0.897. The van der Waals surface area contributed by atoms with E-state index in [9.17, 15) is 4.79 Å². The Kier molecular flexibility index (Phi) is 2.32. The molecule has 0 unspecified atom stereocenters. The van der Waals surface area contributed by atoms with Crippen molar-refractivity contribution >= 4 is 16.9 Å². The van der Waals surface area contributed by atoms with E-state index in [1.54, 1.807) is 12.1 Å². The fourth-order valence-corrected chi connectivity index (χ4v) is 2.42. The Morgan fingerprint density at radius 1 is 1.18 bits per heavy atom. The molecule has 1 aromatic carbocycles. The first kappa shape index (κ1) is 10.3. The Labute approximate surface area is 99.1 Å². The van der Waals surface area contributed by atoms with Crippen LogP contribution in [-0.2, 0) is 12.8 Å². The molecule has 86 valence electrons. The van der Waals surface area contributed by atoms with Crippen molar-refractivity contribution in [1.82, 2.24) is 4.98 Å². The van der Waals surface area contributed by atoms with E-state index >= 15 is 0 Å². The van der Waals surface area contributed by atoms with Gasteiger partial charge in [-0.05, 0) is 49.4 Å². The fourth-order valence-electron chi connectivity index (χ4n) is 2.42. The van der Waals surface area contributed by atoms with Gasteiger partial charge in [-0.15, -0.1) is 0 Å². The molecule has 0 saturated carbocycles. The minimum Gasteiger partial charge on any atom is -0.478 e. The van der Waals surface area contributed by atoms with Crippen LogP contribution >= 0.6 is 0 Å². The fraction of sp³-hybridized carbons (Fsp3) is 0.286. The molecule has 0 amide bonds. The maximum absolute atomic E-state index is 10.9. The third-order valence-electron chi connectivity index (χ3n) is 3.34. The highest BCUT2D eigenvalue weighted by atomic mass is 16.4. The summed E-state index contributed by atoms with van der Waals surface area (Å²) in [6, 6.07) is 7.30. The van der Waals surface area contributed by atoms with E-state index in [1.807, 2.05) is 6.07 Å². The van der Waals surface area contributed by atoms with Gasteiger partial charge in [-0.3, -0.25) is 4.98 Å². The lowest BCUT2D eigenvalue weighted by atomic mass is 9.94. The second-order valence-corrected chi connectivity index (χ2v) is 4.51. The lowest BCUT2D eigenvalue weighted by Crippen LogP contribution is -2.05.